The lowest BCUT2D eigenvalue weighted by Gasteiger charge is -2.25. The van der Waals surface area contributed by atoms with E-state index >= 15 is 0 Å². The molecule has 1 aliphatic heterocycles. The van der Waals surface area contributed by atoms with Crippen molar-refractivity contribution in [2.24, 2.45) is 0 Å². The molecule has 0 saturated carbocycles. The van der Waals surface area contributed by atoms with E-state index in [1.165, 1.54) is 0 Å². The normalized spacial score (nSPS) is 16.9. The van der Waals surface area contributed by atoms with Crippen molar-refractivity contribution in [1.82, 2.24) is 25.4 Å². The number of H-pyrrole nitrogens is 1. The van der Waals surface area contributed by atoms with E-state index in [0.29, 0.717) is 17.1 Å². The molecule has 2 N–H and O–H groups in total. The van der Waals surface area contributed by atoms with Crippen molar-refractivity contribution in [3.05, 3.63) is 42.0 Å². The lowest BCUT2D eigenvalue weighted by Crippen LogP contribution is -2.28. The second kappa shape index (κ2) is 6.26. The van der Waals surface area contributed by atoms with E-state index in [1.807, 2.05) is 18.2 Å². The van der Waals surface area contributed by atoms with Crippen LogP contribution in [-0.2, 0) is 0 Å². The average molecular weight is 374 g/mol. The largest absolute Gasteiger partial charge is 0.478 e. The predicted molar refractivity (Wildman–Crippen MR) is 105 cm³/mol. The van der Waals surface area contributed by atoms with Crippen LogP contribution in [0, 0.1) is 0 Å². The van der Waals surface area contributed by atoms with Gasteiger partial charge in [0.25, 0.3) is 0 Å². The zero-order valence-corrected chi connectivity index (χ0v) is 15.3. The maximum atomic E-state index is 11.4. The van der Waals surface area contributed by atoms with E-state index < -0.39 is 5.97 Å². The number of hydrogen-bond donors (Lipinski definition) is 2. The van der Waals surface area contributed by atoms with Crippen molar-refractivity contribution in [3.63, 3.8) is 0 Å². The summed E-state index contributed by atoms with van der Waals surface area (Å²) in [6, 6.07) is 11.1. The SMILES string of the molecule is CC1CCCN1c1nc2cc(C(=O)O)ccc2nc1-c1ccc2[nH]nnc2c1. The maximum Gasteiger partial charge on any atom is 0.335 e. The quantitative estimate of drug-likeness (QED) is 0.566. The summed E-state index contributed by atoms with van der Waals surface area (Å²) in [5, 5.41) is 20.1. The van der Waals surface area contributed by atoms with Gasteiger partial charge >= 0.3 is 5.97 Å². The number of benzene rings is 2. The molecule has 0 bridgehead atoms. The Hall–Kier alpha value is -3.55. The molecule has 5 rings (SSSR count). The highest BCUT2D eigenvalue weighted by Crippen LogP contribution is 2.34. The third-order valence-electron chi connectivity index (χ3n) is 5.32. The summed E-state index contributed by atoms with van der Waals surface area (Å²) in [4.78, 5) is 23.3. The van der Waals surface area contributed by atoms with Crippen LogP contribution in [0.4, 0.5) is 5.82 Å². The molecule has 1 unspecified atom stereocenters. The molecule has 140 valence electrons. The van der Waals surface area contributed by atoms with Crippen LogP contribution >= 0.6 is 0 Å². The van der Waals surface area contributed by atoms with Gasteiger partial charge in [0.05, 0.1) is 22.1 Å². The van der Waals surface area contributed by atoms with Gasteiger partial charge in [0.2, 0.25) is 0 Å². The van der Waals surface area contributed by atoms with E-state index in [1.54, 1.807) is 18.2 Å². The third-order valence-corrected chi connectivity index (χ3v) is 5.32. The van der Waals surface area contributed by atoms with Gasteiger partial charge in [-0.3, -0.25) is 5.10 Å². The van der Waals surface area contributed by atoms with E-state index in [4.69, 9.17) is 9.97 Å². The van der Waals surface area contributed by atoms with Crippen LogP contribution in [0.25, 0.3) is 33.3 Å². The number of carboxylic acids is 1. The molecule has 28 heavy (non-hydrogen) atoms. The minimum Gasteiger partial charge on any atom is -0.478 e. The Kier molecular flexibility index (Phi) is 3.71. The molecule has 1 aliphatic rings. The number of carbonyl (C=O) groups is 1. The van der Waals surface area contributed by atoms with Crippen molar-refractivity contribution in [2.45, 2.75) is 25.8 Å². The molecule has 1 saturated heterocycles. The van der Waals surface area contributed by atoms with Crippen LogP contribution < -0.4 is 4.90 Å². The number of nitrogens with one attached hydrogen (secondary N) is 1. The van der Waals surface area contributed by atoms with Crippen molar-refractivity contribution < 1.29 is 9.90 Å². The summed E-state index contributed by atoms with van der Waals surface area (Å²) >= 11 is 0. The summed E-state index contributed by atoms with van der Waals surface area (Å²) in [5.41, 5.74) is 4.76. The second-order valence-corrected chi connectivity index (χ2v) is 7.13. The smallest absolute Gasteiger partial charge is 0.335 e. The number of carboxylic acid groups (broad SMARTS) is 1. The number of anilines is 1. The lowest BCUT2D eigenvalue weighted by molar-refractivity contribution is 0.0697. The van der Waals surface area contributed by atoms with Crippen LogP contribution in [0.3, 0.4) is 0 Å². The fraction of sp³-hybridized carbons (Fsp3) is 0.250. The predicted octanol–water partition coefficient (Wildman–Crippen LogP) is 3.26. The number of fused-ring (bicyclic) bond motifs is 2. The van der Waals surface area contributed by atoms with Crippen molar-refractivity contribution in [2.75, 3.05) is 11.4 Å². The monoisotopic (exact) mass is 374 g/mol. The zero-order chi connectivity index (χ0) is 19.3. The number of aromatic nitrogens is 5. The fourth-order valence-electron chi connectivity index (χ4n) is 3.81. The Morgan fingerprint density at radius 1 is 1.14 bits per heavy atom. The maximum absolute atomic E-state index is 11.4. The Balaban J connectivity index is 1.75. The van der Waals surface area contributed by atoms with Gasteiger partial charge in [-0.25, -0.2) is 14.8 Å². The van der Waals surface area contributed by atoms with Gasteiger partial charge in [0, 0.05) is 18.2 Å². The first-order valence-electron chi connectivity index (χ1n) is 9.23. The van der Waals surface area contributed by atoms with Gasteiger partial charge in [-0.05, 0) is 50.1 Å². The Morgan fingerprint density at radius 2 is 2.04 bits per heavy atom. The van der Waals surface area contributed by atoms with Crippen molar-refractivity contribution in [3.8, 4) is 11.3 Å². The van der Waals surface area contributed by atoms with Crippen molar-refractivity contribution in [1.29, 1.82) is 0 Å². The minimum absolute atomic E-state index is 0.207. The molecule has 1 fully saturated rings. The number of aromatic carboxylic acids is 1. The number of hydrogen-bond acceptors (Lipinski definition) is 6. The first-order chi connectivity index (χ1) is 13.6. The first-order valence-corrected chi connectivity index (χ1v) is 9.23. The summed E-state index contributed by atoms with van der Waals surface area (Å²) in [6.07, 6.45) is 2.19. The van der Waals surface area contributed by atoms with Crippen LogP contribution in [-0.4, -0.2) is 49.0 Å². The van der Waals surface area contributed by atoms with Gasteiger partial charge in [-0.1, -0.05) is 11.3 Å². The Bertz CT molecular complexity index is 1220. The molecule has 8 nitrogen and oxygen atoms in total. The first kappa shape index (κ1) is 16.6. The van der Waals surface area contributed by atoms with E-state index in [2.05, 4.69) is 27.2 Å². The standard InChI is InChI=1S/C20H18N6O2/c1-11-3-2-8-26(11)19-18(12-4-7-15-17(9-12)24-25-23-15)21-14-6-5-13(20(27)28)10-16(14)22-19/h4-7,9-11H,2-3,8H2,1H3,(H,27,28)(H,23,24,25). The molecule has 2 aromatic heterocycles. The fourth-order valence-corrected chi connectivity index (χ4v) is 3.81. The molecular weight excluding hydrogens is 356 g/mol. The highest BCUT2D eigenvalue weighted by atomic mass is 16.4. The van der Waals surface area contributed by atoms with Crippen LogP contribution in [0.15, 0.2) is 36.4 Å². The third kappa shape index (κ3) is 2.65. The highest BCUT2D eigenvalue weighted by Gasteiger charge is 2.26. The molecule has 3 heterocycles. The summed E-state index contributed by atoms with van der Waals surface area (Å²) in [6.45, 7) is 3.08. The zero-order valence-electron chi connectivity index (χ0n) is 15.3. The molecule has 0 aliphatic carbocycles. The van der Waals surface area contributed by atoms with Crippen LogP contribution in [0.5, 0.6) is 0 Å². The van der Waals surface area contributed by atoms with E-state index in [9.17, 15) is 9.90 Å². The molecule has 0 radical (unpaired) electrons. The van der Waals surface area contributed by atoms with E-state index in [0.717, 1.165) is 47.5 Å². The lowest BCUT2D eigenvalue weighted by atomic mass is 10.1. The number of rotatable bonds is 3. The molecule has 0 spiro atoms. The second-order valence-electron chi connectivity index (χ2n) is 7.13. The van der Waals surface area contributed by atoms with Gasteiger partial charge in [0.15, 0.2) is 5.82 Å². The van der Waals surface area contributed by atoms with E-state index in [-0.39, 0.29) is 5.56 Å². The van der Waals surface area contributed by atoms with Crippen LogP contribution in [0.1, 0.15) is 30.1 Å². The minimum atomic E-state index is -0.972. The molecule has 1 atom stereocenters. The topological polar surface area (TPSA) is 108 Å². The highest BCUT2D eigenvalue weighted by molar-refractivity contribution is 5.94. The molecular formula is C20H18N6O2. The molecule has 0 amide bonds. The average Bonchev–Trinajstić information content (AvgIpc) is 3.34. The van der Waals surface area contributed by atoms with Gasteiger partial charge in [0.1, 0.15) is 11.2 Å². The summed E-state index contributed by atoms with van der Waals surface area (Å²) in [7, 11) is 0. The molecule has 4 aromatic rings. The molecule has 8 heteroatoms. The summed E-state index contributed by atoms with van der Waals surface area (Å²) < 4.78 is 0. The van der Waals surface area contributed by atoms with Gasteiger partial charge < -0.3 is 10.0 Å². The number of aromatic amines is 1. The Labute approximate surface area is 160 Å². The van der Waals surface area contributed by atoms with Crippen LogP contribution in [0.2, 0.25) is 0 Å². The Morgan fingerprint density at radius 3 is 2.82 bits per heavy atom. The summed E-state index contributed by atoms with van der Waals surface area (Å²) in [5.74, 6) is -0.191. The molecule has 2 aromatic carbocycles. The van der Waals surface area contributed by atoms with Crippen molar-refractivity contribution >= 4 is 33.9 Å². The van der Waals surface area contributed by atoms with Gasteiger partial charge in [-0.2, -0.15) is 0 Å². The number of nitrogens with zero attached hydrogens (tertiary/aromatic N) is 5. The van der Waals surface area contributed by atoms with Gasteiger partial charge in [-0.15, -0.1) is 5.10 Å².